The van der Waals surface area contributed by atoms with E-state index in [2.05, 4.69) is 19.1 Å². The molecule has 3 rings (SSSR count). The summed E-state index contributed by atoms with van der Waals surface area (Å²) >= 11 is 0. The van der Waals surface area contributed by atoms with Gasteiger partial charge in [0.05, 0.1) is 0 Å². The number of allylic oxidation sites excluding steroid dienone is 2. The van der Waals surface area contributed by atoms with Crippen LogP contribution in [0.4, 0.5) is 8.78 Å². The lowest BCUT2D eigenvalue weighted by Gasteiger charge is -2.37. The number of hydrogen-bond donors (Lipinski definition) is 0. The van der Waals surface area contributed by atoms with Crippen molar-refractivity contribution in [2.75, 3.05) is 0 Å². The second-order valence-electron chi connectivity index (χ2n) is 9.96. The summed E-state index contributed by atoms with van der Waals surface area (Å²) in [6, 6.07) is 4.27. The molecule has 3 heteroatoms. The van der Waals surface area contributed by atoms with Crippen LogP contribution in [0.3, 0.4) is 0 Å². The Kier molecular flexibility index (Phi) is 9.56. The highest BCUT2D eigenvalue weighted by Gasteiger charge is 2.30. The van der Waals surface area contributed by atoms with Gasteiger partial charge in [-0.25, -0.2) is 8.78 Å². The lowest BCUT2D eigenvalue weighted by Crippen LogP contribution is -2.25. The third-order valence-electron chi connectivity index (χ3n) is 7.81. The normalized spacial score (nSPS) is 26.8. The molecule has 31 heavy (non-hydrogen) atoms. The van der Waals surface area contributed by atoms with Crippen LogP contribution in [0.15, 0.2) is 24.3 Å². The van der Waals surface area contributed by atoms with Crippen molar-refractivity contribution in [1.82, 2.24) is 0 Å². The Morgan fingerprint density at radius 1 is 0.935 bits per heavy atom. The molecule has 0 N–H and O–H groups in total. The zero-order valence-electron chi connectivity index (χ0n) is 19.2. The van der Waals surface area contributed by atoms with Gasteiger partial charge in [-0.15, -0.1) is 0 Å². The molecule has 0 aromatic heterocycles. The second-order valence-corrected chi connectivity index (χ2v) is 9.96. The van der Waals surface area contributed by atoms with Gasteiger partial charge < -0.3 is 0 Å². The maximum atomic E-state index is 13.8. The SMILES string of the molecule is CCCCC/C=C/C1CCC(C2CCC(CCc3cc(F)c(C#N)c(F)c3)CC2)CC1. The maximum absolute atomic E-state index is 13.8. The minimum Gasteiger partial charge on any atom is -0.205 e. The van der Waals surface area contributed by atoms with Crippen molar-refractivity contribution in [2.24, 2.45) is 23.7 Å². The lowest BCUT2D eigenvalue weighted by molar-refractivity contribution is 0.152. The van der Waals surface area contributed by atoms with Gasteiger partial charge in [0.1, 0.15) is 23.3 Å². The van der Waals surface area contributed by atoms with Gasteiger partial charge in [0.2, 0.25) is 0 Å². The Morgan fingerprint density at radius 3 is 2.13 bits per heavy atom. The van der Waals surface area contributed by atoms with E-state index in [1.807, 2.05) is 0 Å². The van der Waals surface area contributed by atoms with Gasteiger partial charge in [0, 0.05) is 0 Å². The molecule has 2 saturated carbocycles. The number of benzene rings is 1. The minimum atomic E-state index is -0.729. The van der Waals surface area contributed by atoms with Crippen molar-refractivity contribution in [3.63, 3.8) is 0 Å². The van der Waals surface area contributed by atoms with Crippen LogP contribution in [0.25, 0.3) is 0 Å². The molecule has 0 amide bonds. The molecule has 2 fully saturated rings. The van der Waals surface area contributed by atoms with Crippen LogP contribution in [0, 0.1) is 46.6 Å². The molecule has 0 spiro atoms. The average molecular weight is 428 g/mol. The number of halogens is 2. The number of unbranched alkanes of at least 4 members (excludes halogenated alkanes) is 3. The van der Waals surface area contributed by atoms with Gasteiger partial charge in [0.25, 0.3) is 0 Å². The van der Waals surface area contributed by atoms with Crippen LogP contribution < -0.4 is 0 Å². The molecule has 1 aromatic carbocycles. The molecule has 0 radical (unpaired) electrons. The molecular formula is C28H39F2N. The summed E-state index contributed by atoms with van der Waals surface area (Å²) in [6.45, 7) is 2.26. The summed E-state index contributed by atoms with van der Waals surface area (Å²) in [5.74, 6) is 1.81. The molecule has 0 heterocycles. The average Bonchev–Trinajstić information content (AvgIpc) is 2.78. The van der Waals surface area contributed by atoms with E-state index in [-0.39, 0.29) is 0 Å². The first kappa shape index (κ1) is 24.0. The van der Waals surface area contributed by atoms with Crippen molar-refractivity contribution in [3.8, 4) is 6.07 Å². The molecule has 2 aliphatic rings. The van der Waals surface area contributed by atoms with Crippen molar-refractivity contribution in [2.45, 2.75) is 96.8 Å². The number of hydrogen-bond acceptors (Lipinski definition) is 1. The molecule has 0 saturated heterocycles. The summed E-state index contributed by atoms with van der Waals surface area (Å²) in [5.41, 5.74) is 0.211. The topological polar surface area (TPSA) is 23.8 Å². The first-order valence-corrected chi connectivity index (χ1v) is 12.6. The van der Waals surface area contributed by atoms with Gasteiger partial charge in [-0.3, -0.25) is 0 Å². The van der Waals surface area contributed by atoms with Gasteiger partial charge in [0.15, 0.2) is 0 Å². The zero-order valence-corrected chi connectivity index (χ0v) is 19.2. The zero-order chi connectivity index (χ0) is 22.1. The van der Waals surface area contributed by atoms with Crippen molar-refractivity contribution in [1.29, 1.82) is 5.26 Å². The largest absolute Gasteiger partial charge is 0.205 e. The summed E-state index contributed by atoms with van der Waals surface area (Å²) in [5, 5.41) is 8.80. The fraction of sp³-hybridized carbons (Fsp3) is 0.679. The molecule has 2 aliphatic carbocycles. The third-order valence-corrected chi connectivity index (χ3v) is 7.81. The number of rotatable bonds is 9. The highest BCUT2D eigenvalue weighted by Crippen LogP contribution is 2.42. The second kappa shape index (κ2) is 12.4. The molecular weight excluding hydrogens is 388 g/mol. The smallest absolute Gasteiger partial charge is 0.144 e. The Morgan fingerprint density at radius 2 is 1.55 bits per heavy atom. The minimum absolute atomic E-state index is 0.467. The van der Waals surface area contributed by atoms with E-state index in [4.69, 9.17) is 5.26 Å². The van der Waals surface area contributed by atoms with E-state index in [0.29, 0.717) is 17.9 Å². The maximum Gasteiger partial charge on any atom is 0.144 e. The summed E-state index contributed by atoms with van der Waals surface area (Å²) < 4.78 is 27.6. The summed E-state index contributed by atoms with van der Waals surface area (Å²) in [4.78, 5) is 0. The predicted molar refractivity (Wildman–Crippen MR) is 124 cm³/mol. The molecule has 0 unspecified atom stereocenters. The molecule has 0 aliphatic heterocycles. The van der Waals surface area contributed by atoms with Crippen molar-refractivity contribution >= 4 is 0 Å². The fourth-order valence-electron chi connectivity index (χ4n) is 5.81. The lowest BCUT2D eigenvalue weighted by atomic mass is 9.68. The van der Waals surface area contributed by atoms with Gasteiger partial charge in [-0.1, -0.05) is 44.8 Å². The van der Waals surface area contributed by atoms with E-state index < -0.39 is 17.2 Å². The predicted octanol–water partition coefficient (Wildman–Crippen LogP) is 8.52. The van der Waals surface area contributed by atoms with E-state index >= 15 is 0 Å². The highest BCUT2D eigenvalue weighted by atomic mass is 19.1. The Balaban J connectivity index is 1.35. The first-order valence-electron chi connectivity index (χ1n) is 12.6. The fourth-order valence-corrected chi connectivity index (χ4v) is 5.81. The monoisotopic (exact) mass is 427 g/mol. The van der Waals surface area contributed by atoms with E-state index in [0.717, 1.165) is 24.2 Å². The molecule has 1 aromatic rings. The van der Waals surface area contributed by atoms with E-state index in [1.54, 1.807) is 6.07 Å². The molecule has 0 atom stereocenters. The first-order chi connectivity index (χ1) is 15.1. The van der Waals surface area contributed by atoms with Crippen LogP contribution >= 0.6 is 0 Å². The van der Waals surface area contributed by atoms with Crippen LogP contribution in [0.2, 0.25) is 0 Å². The van der Waals surface area contributed by atoms with Gasteiger partial charge in [-0.05, 0) is 106 Å². The number of nitriles is 1. The van der Waals surface area contributed by atoms with Crippen LogP contribution in [-0.4, -0.2) is 0 Å². The van der Waals surface area contributed by atoms with Crippen LogP contribution in [0.1, 0.15) is 102 Å². The Bertz CT molecular complexity index is 724. The quantitative estimate of drug-likeness (QED) is 0.286. The molecule has 170 valence electrons. The summed E-state index contributed by atoms with van der Waals surface area (Å²) in [7, 11) is 0. The van der Waals surface area contributed by atoms with E-state index in [9.17, 15) is 8.78 Å². The van der Waals surface area contributed by atoms with Crippen LogP contribution in [0.5, 0.6) is 0 Å². The summed E-state index contributed by atoms with van der Waals surface area (Å²) in [6.07, 6.45) is 22.5. The van der Waals surface area contributed by atoms with Gasteiger partial charge in [-0.2, -0.15) is 5.26 Å². The van der Waals surface area contributed by atoms with E-state index in [1.165, 1.54) is 89.2 Å². The molecule has 1 nitrogen and oxygen atoms in total. The number of aryl methyl sites for hydroxylation is 1. The van der Waals surface area contributed by atoms with Gasteiger partial charge >= 0.3 is 0 Å². The highest BCUT2D eigenvalue weighted by molar-refractivity contribution is 5.35. The van der Waals surface area contributed by atoms with Crippen molar-refractivity contribution < 1.29 is 8.78 Å². The molecule has 0 bridgehead atoms. The standard InChI is InChI=1S/C28H39F2N/c1-2-3-4-5-6-7-21-10-14-24(15-11-21)25-16-12-22(13-17-25)8-9-23-18-27(29)26(20-31)28(30)19-23/h6-7,18-19,21-22,24-25H,2-5,8-17H2,1H3/b7-6+. The Hall–Kier alpha value is -1.69. The third kappa shape index (κ3) is 7.16. The number of nitrogens with zero attached hydrogens (tertiary/aromatic N) is 1. The van der Waals surface area contributed by atoms with Crippen molar-refractivity contribution in [3.05, 3.63) is 47.0 Å². The van der Waals surface area contributed by atoms with Crippen LogP contribution in [-0.2, 0) is 6.42 Å². The Labute approximate surface area is 187 Å².